The Morgan fingerprint density at radius 2 is 2.19 bits per heavy atom. The Morgan fingerprint density at radius 3 is 2.90 bits per heavy atom. The van der Waals surface area contributed by atoms with E-state index >= 15 is 0 Å². The lowest BCUT2D eigenvalue weighted by Gasteiger charge is -2.04. The Morgan fingerprint density at radius 1 is 1.38 bits per heavy atom. The van der Waals surface area contributed by atoms with E-state index in [4.69, 9.17) is 9.26 Å². The van der Waals surface area contributed by atoms with E-state index in [1.807, 2.05) is 0 Å². The standard InChI is InChI=1S/C15H19N3O2S/c1-10-3-5-12(6-4-10)21-9-14-17-15(20-18-14)13-7-11(19-2)8-16-13/h3-6,11,13,16H,7-9H2,1-2H3. The van der Waals surface area contributed by atoms with Crippen LogP contribution in [-0.4, -0.2) is 29.9 Å². The molecule has 1 aromatic carbocycles. The monoisotopic (exact) mass is 305 g/mol. The number of thioether (sulfide) groups is 1. The van der Waals surface area contributed by atoms with Gasteiger partial charge in [0.15, 0.2) is 5.82 Å². The quantitative estimate of drug-likeness (QED) is 0.857. The first-order valence-corrected chi connectivity index (χ1v) is 8.01. The number of aromatic nitrogens is 2. The van der Waals surface area contributed by atoms with Crippen molar-refractivity contribution in [1.29, 1.82) is 0 Å². The van der Waals surface area contributed by atoms with E-state index in [0.717, 1.165) is 18.8 Å². The molecule has 112 valence electrons. The van der Waals surface area contributed by atoms with Crippen molar-refractivity contribution in [1.82, 2.24) is 15.5 Å². The van der Waals surface area contributed by atoms with E-state index in [-0.39, 0.29) is 12.1 Å². The summed E-state index contributed by atoms with van der Waals surface area (Å²) < 4.78 is 10.7. The van der Waals surface area contributed by atoms with E-state index in [1.54, 1.807) is 18.9 Å². The van der Waals surface area contributed by atoms with Crippen LogP contribution in [0.25, 0.3) is 0 Å². The molecule has 2 aromatic rings. The van der Waals surface area contributed by atoms with Crippen LogP contribution >= 0.6 is 11.8 Å². The number of aryl methyl sites for hydroxylation is 1. The molecular weight excluding hydrogens is 286 g/mol. The molecule has 0 saturated carbocycles. The molecule has 6 heteroatoms. The number of nitrogens with zero attached hydrogens (tertiary/aromatic N) is 2. The highest BCUT2D eigenvalue weighted by atomic mass is 32.2. The minimum atomic E-state index is 0.112. The number of benzene rings is 1. The minimum Gasteiger partial charge on any atom is -0.380 e. The van der Waals surface area contributed by atoms with Gasteiger partial charge in [0, 0.05) is 18.6 Å². The Labute approximate surface area is 128 Å². The molecule has 3 rings (SSSR count). The Balaban J connectivity index is 1.57. The van der Waals surface area contributed by atoms with Gasteiger partial charge in [0.25, 0.3) is 0 Å². The second-order valence-electron chi connectivity index (χ2n) is 5.20. The SMILES string of the molecule is COC1CNC(c2nc(CSc3ccc(C)cc3)no2)C1. The molecule has 0 radical (unpaired) electrons. The summed E-state index contributed by atoms with van der Waals surface area (Å²) in [6.07, 6.45) is 1.11. The number of nitrogens with one attached hydrogen (secondary N) is 1. The molecule has 2 heterocycles. The van der Waals surface area contributed by atoms with E-state index in [0.29, 0.717) is 11.6 Å². The smallest absolute Gasteiger partial charge is 0.243 e. The Hall–Kier alpha value is -1.37. The largest absolute Gasteiger partial charge is 0.380 e. The van der Waals surface area contributed by atoms with Crippen molar-refractivity contribution >= 4 is 11.8 Å². The summed E-state index contributed by atoms with van der Waals surface area (Å²) in [6.45, 7) is 2.92. The fourth-order valence-electron chi connectivity index (χ4n) is 2.32. The fraction of sp³-hybridized carbons (Fsp3) is 0.467. The van der Waals surface area contributed by atoms with Gasteiger partial charge in [-0.25, -0.2) is 0 Å². The predicted molar refractivity (Wildman–Crippen MR) is 81.2 cm³/mol. The summed E-state index contributed by atoms with van der Waals surface area (Å²) in [5.74, 6) is 2.11. The second-order valence-corrected chi connectivity index (χ2v) is 6.25. The van der Waals surface area contributed by atoms with Crippen LogP contribution in [0.1, 0.15) is 29.7 Å². The molecule has 0 spiro atoms. The van der Waals surface area contributed by atoms with Crippen LogP contribution in [-0.2, 0) is 10.5 Å². The maximum Gasteiger partial charge on any atom is 0.243 e. The van der Waals surface area contributed by atoms with Gasteiger partial charge in [-0.2, -0.15) is 4.98 Å². The first-order chi connectivity index (χ1) is 10.2. The van der Waals surface area contributed by atoms with Crippen molar-refractivity contribution in [3.05, 3.63) is 41.5 Å². The maximum absolute atomic E-state index is 5.36. The molecule has 0 aliphatic carbocycles. The third-order valence-corrected chi connectivity index (χ3v) is 4.60. The van der Waals surface area contributed by atoms with Crippen LogP contribution in [0.3, 0.4) is 0 Å². The highest BCUT2D eigenvalue weighted by molar-refractivity contribution is 7.98. The zero-order chi connectivity index (χ0) is 14.7. The predicted octanol–water partition coefficient (Wildman–Crippen LogP) is 2.72. The summed E-state index contributed by atoms with van der Waals surface area (Å²) >= 11 is 1.71. The number of hydrogen-bond donors (Lipinski definition) is 1. The maximum atomic E-state index is 5.36. The molecule has 21 heavy (non-hydrogen) atoms. The highest BCUT2D eigenvalue weighted by Crippen LogP contribution is 2.25. The Bertz CT molecular complexity index is 585. The topological polar surface area (TPSA) is 60.2 Å². The van der Waals surface area contributed by atoms with Crippen LogP contribution in [0, 0.1) is 6.92 Å². The summed E-state index contributed by atoms with van der Waals surface area (Å²) in [4.78, 5) is 5.69. The molecule has 1 N–H and O–H groups in total. The van der Waals surface area contributed by atoms with Crippen LogP contribution in [0.5, 0.6) is 0 Å². The fourth-order valence-corrected chi connectivity index (χ4v) is 3.06. The summed E-state index contributed by atoms with van der Waals surface area (Å²) in [6, 6.07) is 8.56. The lowest BCUT2D eigenvalue weighted by molar-refractivity contribution is 0.116. The van der Waals surface area contributed by atoms with Crippen molar-refractivity contribution in [2.75, 3.05) is 13.7 Å². The van der Waals surface area contributed by atoms with Crippen LogP contribution in [0.4, 0.5) is 0 Å². The third-order valence-electron chi connectivity index (χ3n) is 3.59. The first-order valence-electron chi connectivity index (χ1n) is 7.02. The molecule has 1 aliphatic heterocycles. The van der Waals surface area contributed by atoms with Gasteiger partial charge in [0.1, 0.15) is 0 Å². The van der Waals surface area contributed by atoms with Gasteiger partial charge in [-0.15, -0.1) is 11.8 Å². The van der Waals surface area contributed by atoms with Gasteiger partial charge in [-0.3, -0.25) is 0 Å². The lowest BCUT2D eigenvalue weighted by Crippen LogP contribution is -2.16. The number of methoxy groups -OCH3 is 1. The van der Waals surface area contributed by atoms with E-state index < -0.39 is 0 Å². The highest BCUT2D eigenvalue weighted by Gasteiger charge is 2.29. The van der Waals surface area contributed by atoms with Crippen molar-refractivity contribution in [3.63, 3.8) is 0 Å². The molecule has 1 aromatic heterocycles. The third kappa shape index (κ3) is 3.64. The van der Waals surface area contributed by atoms with Crippen LogP contribution < -0.4 is 5.32 Å². The second kappa shape index (κ2) is 6.60. The number of ether oxygens (including phenoxy) is 1. The molecule has 2 unspecified atom stereocenters. The van der Waals surface area contributed by atoms with E-state index in [1.165, 1.54) is 10.5 Å². The van der Waals surface area contributed by atoms with Gasteiger partial charge in [-0.05, 0) is 25.5 Å². The molecule has 5 nitrogen and oxygen atoms in total. The lowest BCUT2D eigenvalue weighted by atomic mass is 10.2. The zero-order valence-corrected chi connectivity index (χ0v) is 13.0. The zero-order valence-electron chi connectivity index (χ0n) is 12.2. The van der Waals surface area contributed by atoms with Gasteiger partial charge < -0.3 is 14.6 Å². The summed E-state index contributed by atoms with van der Waals surface area (Å²) in [5, 5.41) is 7.40. The molecule has 1 aliphatic rings. The Kier molecular flexibility index (Phi) is 4.57. The molecular formula is C15H19N3O2S. The van der Waals surface area contributed by atoms with Gasteiger partial charge in [0.2, 0.25) is 5.89 Å². The number of hydrogen-bond acceptors (Lipinski definition) is 6. The van der Waals surface area contributed by atoms with E-state index in [9.17, 15) is 0 Å². The normalized spacial score (nSPS) is 21.8. The number of rotatable bonds is 5. The van der Waals surface area contributed by atoms with Crippen LogP contribution in [0.2, 0.25) is 0 Å². The molecule has 1 saturated heterocycles. The van der Waals surface area contributed by atoms with Gasteiger partial charge in [0.05, 0.1) is 17.9 Å². The average molecular weight is 305 g/mol. The summed E-state index contributed by atoms with van der Waals surface area (Å²) in [7, 11) is 1.73. The molecule has 2 atom stereocenters. The van der Waals surface area contributed by atoms with Crippen molar-refractivity contribution in [2.45, 2.75) is 36.1 Å². The van der Waals surface area contributed by atoms with E-state index in [2.05, 4.69) is 46.6 Å². The van der Waals surface area contributed by atoms with Gasteiger partial charge >= 0.3 is 0 Å². The minimum absolute atomic E-state index is 0.112. The van der Waals surface area contributed by atoms with Crippen LogP contribution in [0.15, 0.2) is 33.7 Å². The first kappa shape index (κ1) is 14.6. The van der Waals surface area contributed by atoms with Crippen molar-refractivity contribution < 1.29 is 9.26 Å². The summed E-state index contributed by atoms with van der Waals surface area (Å²) in [5.41, 5.74) is 1.27. The van der Waals surface area contributed by atoms with Crippen molar-refractivity contribution in [2.24, 2.45) is 0 Å². The van der Waals surface area contributed by atoms with Gasteiger partial charge in [-0.1, -0.05) is 22.9 Å². The molecule has 1 fully saturated rings. The average Bonchev–Trinajstić information content (AvgIpc) is 3.15. The van der Waals surface area contributed by atoms with Crippen molar-refractivity contribution in [3.8, 4) is 0 Å². The molecule has 0 amide bonds. The molecule has 0 bridgehead atoms.